The fraction of sp³-hybridized carbons (Fsp3) is 0.304. The largest absolute Gasteiger partial charge is 0.348 e. The van der Waals surface area contributed by atoms with Crippen molar-refractivity contribution in [1.82, 2.24) is 24.9 Å². The third-order valence-corrected chi connectivity index (χ3v) is 6.81. The van der Waals surface area contributed by atoms with Crippen LogP contribution in [0.2, 0.25) is 0 Å². The van der Waals surface area contributed by atoms with Crippen LogP contribution in [-0.2, 0) is 0 Å². The van der Waals surface area contributed by atoms with Crippen molar-refractivity contribution in [2.24, 2.45) is 5.41 Å². The Hall–Kier alpha value is -3.48. The summed E-state index contributed by atoms with van der Waals surface area (Å²) in [6.45, 7) is 0. The Morgan fingerprint density at radius 3 is 2.67 bits per heavy atom. The van der Waals surface area contributed by atoms with E-state index in [-0.39, 0.29) is 17.5 Å². The van der Waals surface area contributed by atoms with Crippen LogP contribution in [0.1, 0.15) is 47.8 Å². The molecule has 0 saturated heterocycles. The second-order valence-corrected chi connectivity index (χ2v) is 8.74. The van der Waals surface area contributed by atoms with Crippen LogP contribution in [0.5, 0.6) is 0 Å². The highest BCUT2D eigenvalue weighted by atomic mass is 16.2. The Balaban J connectivity index is 1.12. The lowest BCUT2D eigenvalue weighted by atomic mass is 9.49. The summed E-state index contributed by atoms with van der Waals surface area (Å²) in [4.78, 5) is 29.0. The van der Waals surface area contributed by atoms with Gasteiger partial charge >= 0.3 is 0 Å². The minimum Gasteiger partial charge on any atom is -0.348 e. The van der Waals surface area contributed by atoms with Crippen LogP contribution in [-0.4, -0.2) is 31.5 Å². The molecule has 30 heavy (non-hydrogen) atoms. The molecule has 0 atom stereocenters. The smallest absolute Gasteiger partial charge is 0.272 e. The zero-order chi connectivity index (χ0) is 20.3. The van der Waals surface area contributed by atoms with Gasteiger partial charge in [0.15, 0.2) is 0 Å². The van der Waals surface area contributed by atoms with Crippen molar-refractivity contribution in [2.75, 3.05) is 0 Å². The summed E-state index contributed by atoms with van der Waals surface area (Å²) in [5.41, 5.74) is 2.49. The summed E-state index contributed by atoms with van der Waals surface area (Å²) < 4.78 is 1.82. The van der Waals surface area contributed by atoms with E-state index in [1.807, 2.05) is 53.1 Å². The van der Waals surface area contributed by atoms with E-state index in [4.69, 9.17) is 0 Å². The molecular weight excluding hydrogens is 378 g/mol. The summed E-state index contributed by atoms with van der Waals surface area (Å²) in [7, 11) is 0. The Labute approximate surface area is 172 Å². The van der Waals surface area contributed by atoms with E-state index >= 15 is 0 Å². The number of hydrogen-bond donors (Lipinski definition) is 2. The van der Waals surface area contributed by atoms with E-state index < -0.39 is 0 Å². The summed E-state index contributed by atoms with van der Waals surface area (Å²) >= 11 is 0. The summed E-state index contributed by atoms with van der Waals surface area (Å²) in [5.74, 6) is 0.292. The van der Waals surface area contributed by atoms with Crippen LogP contribution in [0.4, 0.5) is 0 Å². The Bertz CT molecular complexity index is 1340. The maximum absolute atomic E-state index is 12.7. The maximum Gasteiger partial charge on any atom is 0.272 e. The average molecular weight is 399 g/mol. The second kappa shape index (κ2) is 6.26. The zero-order valence-corrected chi connectivity index (χ0v) is 16.3. The molecule has 0 bridgehead atoms. The Morgan fingerprint density at radius 1 is 1.07 bits per heavy atom. The van der Waals surface area contributed by atoms with Gasteiger partial charge in [0, 0.05) is 23.5 Å². The van der Waals surface area contributed by atoms with Crippen molar-refractivity contribution in [3.8, 4) is 0 Å². The van der Waals surface area contributed by atoms with Gasteiger partial charge < -0.3 is 5.32 Å². The molecule has 4 aromatic rings. The molecule has 3 heterocycles. The highest BCUT2D eigenvalue weighted by Gasteiger charge is 2.54. The number of rotatable bonds is 3. The number of aromatic amines is 1. The molecule has 1 aromatic carbocycles. The van der Waals surface area contributed by atoms with Crippen LogP contribution in [0, 0.1) is 5.41 Å². The van der Waals surface area contributed by atoms with Crippen molar-refractivity contribution >= 4 is 22.3 Å². The minimum absolute atomic E-state index is 0.0716. The van der Waals surface area contributed by atoms with Crippen molar-refractivity contribution in [3.63, 3.8) is 0 Å². The third-order valence-electron chi connectivity index (χ3n) is 6.81. The molecule has 2 aliphatic rings. The number of pyridine rings is 1. The number of imidazole rings is 1. The number of benzene rings is 1. The highest BCUT2D eigenvalue weighted by molar-refractivity contribution is 5.93. The molecule has 1 spiro atoms. The van der Waals surface area contributed by atoms with Gasteiger partial charge in [0.25, 0.3) is 11.5 Å². The van der Waals surface area contributed by atoms with Gasteiger partial charge in [-0.1, -0.05) is 24.3 Å². The molecule has 7 heteroatoms. The minimum atomic E-state index is -0.137. The van der Waals surface area contributed by atoms with Crippen LogP contribution in [0.25, 0.3) is 16.4 Å². The predicted octanol–water partition coefficient (Wildman–Crippen LogP) is 3.03. The van der Waals surface area contributed by atoms with E-state index in [2.05, 4.69) is 20.5 Å². The number of aromatic nitrogens is 4. The summed E-state index contributed by atoms with van der Waals surface area (Å²) in [5, 5.41) is 11.8. The SMILES string of the molecule is O=C(NC1CC2(C1)CC(c1n[nH]c(=O)c3ccccc13)C2)c1cnc2ccccn12. The average Bonchev–Trinajstić information content (AvgIpc) is 3.14. The highest BCUT2D eigenvalue weighted by Crippen LogP contribution is 2.62. The first kappa shape index (κ1) is 17.4. The van der Waals surface area contributed by atoms with E-state index in [0.29, 0.717) is 22.4 Å². The molecule has 2 fully saturated rings. The molecule has 2 aliphatic carbocycles. The molecule has 0 aliphatic heterocycles. The van der Waals surface area contributed by atoms with Gasteiger partial charge in [0.2, 0.25) is 0 Å². The van der Waals surface area contributed by atoms with Crippen molar-refractivity contribution < 1.29 is 4.79 Å². The molecular formula is C23H21N5O2. The number of H-pyrrole nitrogens is 1. The molecule has 0 unspecified atom stereocenters. The first-order valence-electron chi connectivity index (χ1n) is 10.3. The van der Waals surface area contributed by atoms with Crippen molar-refractivity contribution in [3.05, 3.63) is 76.6 Å². The van der Waals surface area contributed by atoms with E-state index in [0.717, 1.165) is 42.4 Å². The molecule has 3 aromatic heterocycles. The normalized spacial score (nSPS) is 25.2. The molecule has 0 radical (unpaired) electrons. The fourth-order valence-corrected chi connectivity index (χ4v) is 5.41. The van der Waals surface area contributed by atoms with Gasteiger partial charge in [-0.2, -0.15) is 5.10 Å². The molecule has 6 rings (SSSR count). The van der Waals surface area contributed by atoms with Gasteiger partial charge in [-0.25, -0.2) is 10.1 Å². The van der Waals surface area contributed by atoms with E-state index in [1.54, 1.807) is 6.20 Å². The van der Waals surface area contributed by atoms with Gasteiger partial charge in [0.05, 0.1) is 17.3 Å². The van der Waals surface area contributed by atoms with Gasteiger partial charge in [0.1, 0.15) is 11.3 Å². The Kier molecular flexibility index (Phi) is 3.63. The lowest BCUT2D eigenvalue weighted by Gasteiger charge is -2.57. The molecule has 2 saturated carbocycles. The van der Waals surface area contributed by atoms with E-state index in [1.165, 1.54) is 0 Å². The van der Waals surface area contributed by atoms with Crippen molar-refractivity contribution in [1.29, 1.82) is 0 Å². The van der Waals surface area contributed by atoms with Crippen molar-refractivity contribution in [2.45, 2.75) is 37.6 Å². The lowest BCUT2D eigenvalue weighted by Crippen LogP contribution is -2.55. The number of amides is 1. The monoisotopic (exact) mass is 399 g/mol. The number of hydrogen-bond acceptors (Lipinski definition) is 4. The standard InChI is InChI=1S/C23H21N5O2/c29-21-17-6-2-1-5-16(17)20(26-27-21)14-9-23(10-14)11-15(12-23)25-22(30)18-13-24-19-7-3-4-8-28(18)19/h1-8,13-15H,9-12H2,(H,25,30)(H,27,29). The van der Waals surface area contributed by atoms with Crippen LogP contribution in [0.15, 0.2) is 59.7 Å². The predicted molar refractivity (Wildman–Crippen MR) is 112 cm³/mol. The Morgan fingerprint density at radius 2 is 1.83 bits per heavy atom. The lowest BCUT2D eigenvalue weighted by molar-refractivity contribution is -0.0197. The van der Waals surface area contributed by atoms with Crippen LogP contribution < -0.4 is 10.9 Å². The number of carbonyl (C=O) groups is 1. The molecule has 7 nitrogen and oxygen atoms in total. The number of fused-ring (bicyclic) bond motifs is 2. The van der Waals surface area contributed by atoms with Crippen LogP contribution in [0.3, 0.4) is 0 Å². The number of nitrogens with one attached hydrogen (secondary N) is 2. The zero-order valence-electron chi connectivity index (χ0n) is 16.3. The maximum atomic E-state index is 12.7. The van der Waals surface area contributed by atoms with Gasteiger partial charge in [-0.05, 0) is 49.3 Å². The molecule has 2 N–H and O–H groups in total. The van der Waals surface area contributed by atoms with Crippen LogP contribution >= 0.6 is 0 Å². The molecule has 1 amide bonds. The summed E-state index contributed by atoms with van der Waals surface area (Å²) in [6, 6.07) is 13.6. The van der Waals surface area contributed by atoms with Gasteiger partial charge in [-0.15, -0.1) is 0 Å². The number of carbonyl (C=O) groups excluding carboxylic acids is 1. The first-order valence-corrected chi connectivity index (χ1v) is 10.3. The topological polar surface area (TPSA) is 92.1 Å². The summed E-state index contributed by atoms with van der Waals surface area (Å²) in [6.07, 6.45) is 7.58. The number of nitrogens with zero attached hydrogens (tertiary/aromatic N) is 3. The first-order chi connectivity index (χ1) is 14.6. The van der Waals surface area contributed by atoms with E-state index in [9.17, 15) is 9.59 Å². The second-order valence-electron chi connectivity index (χ2n) is 8.74. The van der Waals surface area contributed by atoms with Gasteiger partial charge in [-0.3, -0.25) is 14.0 Å². The molecule has 150 valence electrons. The quantitative estimate of drug-likeness (QED) is 0.554. The fourth-order valence-electron chi connectivity index (χ4n) is 5.41. The third kappa shape index (κ3) is 2.58.